The zero-order valence-corrected chi connectivity index (χ0v) is 36.4. The third-order valence-corrected chi connectivity index (χ3v) is 12.6. The molecule has 1 aromatic heterocycles. The molecule has 2 heterocycles. The number of carbonyl (C=O) groups excluding carboxylic acids is 4. The monoisotopic (exact) mass is 842 g/mol. The predicted molar refractivity (Wildman–Crippen MR) is 231 cm³/mol. The van der Waals surface area contributed by atoms with E-state index < -0.39 is 17.5 Å². The lowest BCUT2D eigenvalue weighted by Crippen LogP contribution is -2.43. The standard InChI is InChI=1S/C48H59ClN2O9/c1-28-22-33-9-8-29(2)38(16-14-37-25-35(52)24-30(3)59-37)45(33)42(23-28)60-47(56)48(5,6)19-18-43(53)50-20-21-58-44(54)27-39-31(4)51(41-17-15-36(57-7)26-40(39)41)46(55)32-10-12-34(49)13-11-32/h8-13,15,17,22,26,28-29,35,37-38,42,45,52H,3,14,16,18-21,23-25,27H2,1-2,4-7H3,(H,50,53)/t28-,29-,35-,37+,38-,42-,45-/m0/s1. The van der Waals surface area contributed by atoms with Gasteiger partial charge in [0.25, 0.3) is 5.91 Å². The van der Waals surface area contributed by atoms with E-state index in [1.54, 1.807) is 61.1 Å². The Bertz CT molecular complexity index is 2150. The summed E-state index contributed by atoms with van der Waals surface area (Å²) in [6, 6.07) is 12.0. The van der Waals surface area contributed by atoms with Crippen LogP contribution in [0, 0.1) is 36.0 Å². The van der Waals surface area contributed by atoms with Gasteiger partial charge in [-0.3, -0.25) is 23.7 Å². The highest BCUT2D eigenvalue weighted by molar-refractivity contribution is 6.30. The van der Waals surface area contributed by atoms with Gasteiger partial charge in [0.05, 0.1) is 42.9 Å². The van der Waals surface area contributed by atoms with E-state index in [0.29, 0.717) is 57.1 Å². The zero-order chi connectivity index (χ0) is 43.3. The molecule has 1 fully saturated rings. The normalized spacial score (nSPS) is 23.9. The molecule has 2 N–H and O–H groups in total. The molecular formula is C48H59ClN2O9. The van der Waals surface area contributed by atoms with E-state index >= 15 is 0 Å². The van der Waals surface area contributed by atoms with E-state index in [4.69, 9.17) is 30.5 Å². The number of hydrogen-bond donors (Lipinski definition) is 2. The van der Waals surface area contributed by atoms with Gasteiger partial charge in [0, 0.05) is 46.8 Å². The molecule has 11 nitrogen and oxygen atoms in total. The Balaban J connectivity index is 0.996. The van der Waals surface area contributed by atoms with Gasteiger partial charge in [0.2, 0.25) is 5.91 Å². The van der Waals surface area contributed by atoms with Crippen LogP contribution in [0.5, 0.6) is 5.75 Å². The van der Waals surface area contributed by atoms with Crippen LogP contribution in [0.1, 0.15) is 94.3 Å². The van der Waals surface area contributed by atoms with Crippen molar-refractivity contribution in [2.75, 3.05) is 20.3 Å². The fraction of sp³-hybridized carbons (Fsp3) is 0.500. The predicted octanol–water partition coefficient (Wildman–Crippen LogP) is 8.46. The van der Waals surface area contributed by atoms with Crippen molar-refractivity contribution in [3.05, 3.63) is 100 Å². The maximum absolute atomic E-state index is 13.8. The number of aromatic nitrogens is 1. The number of ether oxygens (including phenoxy) is 4. The Hall–Kier alpha value is -4.87. The minimum atomic E-state index is -0.916. The van der Waals surface area contributed by atoms with Gasteiger partial charge in [0.1, 0.15) is 24.6 Å². The number of methoxy groups -OCH3 is 1. The first-order valence-electron chi connectivity index (χ1n) is 21.1. The van der Waals surface area contributed by atoms with Crippen LogP contribution < -0.4 is 10.1 Å². The number of nitrogens with zero attached hydrogens (tertiary/aromatic N) is 1. The Morgan fingerprint density at radius 3 is 2.53 bits per heavy atom. The second-order valence-corrected chi connectivity index (χ2v) is 17.8. The number of carbonyl (C=O) groups is 4. The number of hydrogen-bond acceptors (Lipinski definition) is 9. The number of benzene rings is 2. The van der Waals surface area contributed by atoms with Crippen LogP contribution in [0.25, 0.3) is 10.9 Å². The Labute approximate surface area is 358 Å². The van der Waals surface area contributed by atoms with Crippen molar-refractivity contribution in [3.63, 3.8) is 0 Å². The zero-order valence-electron chi connectivity index (χ0n) is 35.6. The lowest BCUT2D eigenvalue weighted by Gasteiger charge is -2.44. The summed E-state index contributed by atoms with van der Waals surface area (Å²) in [4.78, 5) is 53.5. The van der Waals surface area contributed by atoms with Gasteiger partial charge in [0.15, 0.2) is 0 Å². The first-order valence-corrected chi connectivity index (χ1v) is 21.5. The molecule has 7 atom stereocenters. The molecule has 2 aromatic carbocycles. The number of aliphatic hydroxyl groups excluding tert-OH is 1. The maximum Gasteiger partial charge on any atom is 0.311 e. The average molecular weight is 843 g/mol. The second kappa shape index (κ2) is 19.2. The highest BCUT2D eigenvalue weighted by Gasteiger charge is 2.43. The minimum Gasteiger partial charge on any atom is -0.497 e. The topological polar surface area (TPSA) is 142 Å². The Morgan fingerprint density at radius 2 is 1.82 bits per heavy atom. The molecule has 1 saturated heterocycles. The summed E-state index contributed by atoms with van der Waals surface area (Å²) in [6.07, 6.45) is 9.62. The fourth-order valence-corrected chi connectivity index (χ4v) is 9.14. The number of allylic oxidation sites excluding steroid dienone is 3. The van der Waals surface area contributed by atoms with Gasteiger partial charge in [-0.05, 0) is 118 Å². The quantitative estimate of drug-likeness (QED) is 0.114. The summed E-state index contributed by atoms with van der Waals surface area (Å²) in [5, 5.41) is 14.3. The first-order chi connectivity index (χ1) is 28.5. The van der Waals surface area contributed by atoms with Gasteiger partial charge in [-0.2, -0.15) is 0 Å². The van der Waals surface area contributed by atoms with Gasteiger partial charge in [-0.25, -0.2) is 0 Å². The molecule has 0 unspecified atom stereocenters. The summed E-state index contributed by atoms with van der Waals surface area (Å²) >= 11 is 6.05. The summed E-state index contributed by atoms with van der Waals surface area (Å²) in [7, 11) is 1.55. The summed E-state index contributed by atoms with van der Waals surface area (Å²) in [6.45, 7) is 13.7. The molecule has 0 saturated carbocycles. The SMILES string of the molecule is C=C1C[C@H](O)C[C@@H](CC[C@@H]2[C@@H]3C(=C[C@H](C)C[C@@H]3OC(=O)C(C)(C)CCC(=O)NCCOC(=O)Cc3c(C)n(C(=O)c4ccc(Cl)cc4)c4ccc(OC)cc34)C=C[C@@H]2C)O1. The maximum atomic E-state index is 13.8. The second-order valence-electron chi connectivity index (χ2n) is 17.4. The van der Waals surface area contributed by atoms with Gasteiger partial charge < -0.3 is 29.4 Å². The van der Waals surface area contributed by atoms with Crippen molar-refractivity contribution in [3.8, 4) is 5.75 Å². The Kier molecular flexibility index (Phi) is 14.3. The lowest BCUT2D eigenvalue weighted by atomic mass is 9.65. The number of fused-ring (bicyclic) bond motifs is 2. The van der Waals surface area contributed by atoms with Gasteiger partial charge in [-0.15, -0.1) is 0 Å². The molecule has 3 aliphatic rings. The van der Waals surface area contributed by atoms with Crippen molar-refractivity contribution in [1.29, 1.82) is 0 Å². The molecule has 6 rings (SSSR count). The van der Waals surface area contributed by atoms with E-state index in [2.05, 4.69) is 44.0 Å². The molecule has 0 bridgehead atoms. The summed E-state index contributed by atoms with van der Waals surface area (Å²) < 4.78 is 24.9. The largest absolute Gasteiger partial charge is 0.497 e. The molecule has 0 spiro atoms. The molecule has 322 valence electrons. The van der Waals surface area contributed by atoms with Crippen LogP contribution in [0.4, 0.5) is 0 Å². The van der Waals surface area contributed by atoms with Crippen molar-refractivity contribution in [2.45, 2.75) is 104 Å². The van der Waals surface area contributed by atoms with Crippen LogP contribution in [0.15, 0.2) is 78.6 Å². The number of rotatable bonds is 15. The third-order valence-electron chi connectivity index (χ3n) is 12.4. The average Bonchev–Trinajstić information content (AvgIpc) is 3.47. The fourth-order valence-electron chi connectivity index (χ4n) is 9.02. The van der Waals surface area contributed by atoms with E-state index in [9.17, 15) is 24.3 Å². The molecular weight excluding hydrogens is 784 g/mol. The van der Waals surface area contributed by atoms with Crippen LogP contribution in [-0.4, -0.2) is 72.0 Å². The van der Waals surface area contributed by atoms with Gasteiger partial charge >= 0.3 is 11.9 Å². The van der Waals surface area contributed by atoms with Crippen molar-refractivity contribution < 1.29 is 43.2 Å². The highest BCUT2D eigenvalue weighted by atomic mass is 35.5. The number of amides is 1. The smallest absolute Gasteiger partial charge is 0.311 e. The van der Waals surface area contributed by atoms with Gasteiger partial charge in [-0.1, -0.05) is 50.3 Å². The van der Waals surface area contributed by atoms with Crippen molar-refractivity contribution in [2.24, 2.45) is 29.1 Å². The lowest BCUT2D eigenvalue weighted by molar-refractivity contribution is -0.165. The van der Waals surface area contributed by atoms with Crippen LogP contribution in [-0.2, 0) is 35.0 Å². The number of nitrogens with one attached hydrogen (secondary N) is 1. The molecule has 1 amide bonds. The molecule has 1 aliphatic heterocycles. The van der Waals surface area contributed by atoms with E-state index in [1.165, 1.54) is 5.57 Å². The summed E-state index contributed by atoms with van der Waals surface area (Å²) in [5.41, 5.74) is 2.60. The van der Waals surface area contributed by atoms with Crippen LogP contribution >= 0.6 is 11.6 Å². The van der Waals surface area contributed by atoms with Crippen LogP contribution in [0.3, 0.4) is 0 Å². The summed E-state index contributed by atoms with van der Waals surface area (Å²) in [5.74, 6) is 0.654. The molecule has 2 aliphatic carbocycles. The molecule has 60 heavy (non-hydrogen) atoms. The van der Waals surface area contributed by atoms with Crippen molar-refractivity contribution >= 4 is 46.3 Å². The number of aliphatic hydroxyl groups is 1. The molecule has 0 radical (unpaired) electrons. The van der Waals surface area contributed by atoms with Crippen LogP contribution in [0.2, 0.25) is 5.02 Å². The number of halogens is 1. The van der Waals surface area contributed by atoms with E-state index in [-0.39, 0.29) is 86.1 Å². The minimum absolute atomic E-state index is 0.0471. The molecule has 3 aromatic rings. The van der Waals surface area contributed by atoms with Crippen molar-refractivity contribution in [1.82, 2.24) is 9.88 Å². The number of esters is 2. The first kappa shape index (κ1) is 44.7. The third kappa shape index (κ3) is 10.5. The van der Waals surface area contributed by atoms with E-state index in [0.717, 1.165) is 19.3 Å². The van der Waals surface area contributed by atoms with E-state index in [1.807, 2.05) is 13.8 Å². The Morgan fingerprint density at radius 1 is 1.07 bits per heavy atom. The highest BCUT2D eigenvalue weighted by Crippen LogP contribution is 2.46. The molecule has 12 heteroatoms.